The Balaban J connectivity index is 2.00. The van der Waals surface area contributed by atoms with Gasteiger partial charge >= 0.3 is 0 Å². The van der Waals surface area contributed by atoms with Crippen molar-refractivity contribution in [2.45, 2.75) is 37.8 Å². The van der Waals surface area contributed by atoms with Gasteiger partial charge in [-0.25, -0.2) is 0 Å². The van der Waals surface area contributed by atoms with Crippen LogP contribution in [0.15, 0.2) is 18.2 Å². The summed E-state index contributed by atoms with van der Waals surface area (Å²) in [6.07, 6.45) is 2.91. The number of methoxy groups -OCH3 is 1. The third-order valence-electron chi connectivity index (χ3n) is 3.53. The summed E-state index contributed by atoms with van der Waals surface area (Å²) < 4.78 is 5.10. The van der Waals surface area contributed by atoms with Crippen LogP contribution in [0.25, 0.3) is 0 Å². The minimum Gasteiger partial charge on any atom is -0.495 e. The number of hydrogen-bond donors (Lipinski definition) is 3. The summed E-state index contributed by atoms with van der Waals surface area (Å²) >= 11 is 0. The number of ether oxygens (including phenoxy) is 1. The summed E-state index contributed by atoms with van der Waals surface area (Å²) in [7, 11) is 1.52. The van der Waals surface area contributed by atoms with Crippen molar-refractivity contribution in [1.29, 1.82) is 0 Å². The Hall–Kier alpha value is -1.75. The van der Waals surface area contributed by atoms with Crippen LogP contribution in [0.1, 0.15) is 36.0 Å². The summed E-state index contributed by atoms with van der Waals surface area (Å²) in [4.78, 5) is 12.1. The van der Waals surface area contributed by atoms with Crippen molar-refractivity contribution >= 4 is 11.6 Å². The predicted octanol–water partition coefficient (Wildman–Crippen LogP) is 1.31. The Morgan fingerprint density at radius 1 is 1.37 bits per heavy atom. The SMILES string of the molecule is COc1cc(C(=O)NC2CCC(O)CC2)ccc1N. The van der Waals surface area contributed by atoms with Crippen LogP contribution in [0.5, 0.6) is 5.75 Å². The third-order valence-corrected chi connectivity index (χ3v) is 3.53. The average molecular weight is 264 g/mol. The number of benzene rings is 1. The molecule has 1 fully saturated rings. The van der Waals surface area contributed by atoms with Crippen LogP contribution in [0.2, 0.25) is 0 Å². The van der Waals surface area contributed by atoms with Gasteiger partial charge in [0.1, 0.15) is 5.75 Å². The molecule has 1 aliphatic carbocycles. The lowest BCUT2D eigenvalue weighted by Crippen LogP contribution is -2.38. The second kappa shape index (κ2) is 5.93. The van der Waals surface area contributed by atoms with Crippen LogP contribution in [-0.4, -0.2) is 30.3 Å². The van der Waals surface area contributed by atoms with Gasteiger partial charge in [-0.3, -0.25) is 4.79 Å². The Bertz CT molecular complexity index is 454. The summed E-state index contributed by atoms with van der Waals surface area (Å²) in [6.45, 7) is 0. The molecule has 5 heteroatoms. The summed E-state index contributed by atoms with van der Waals surface area (Å²) in [6, 6.07) is 5.13. The molecule has 0 radical (unpaired) electrons. The molecular weight excluding hydrogens is 244 g/mol. The Morgan fingerprint density at radius 2 is 2.05 bits per heavy atom. The highest BCUT2D eigenvalue weighted by atomic mass is 16.5. The first-order valence-electron chi connectivity index (χ1n) is 6.52. The molecule has 0 atom stereocenters. The van der Waals surface area contributed by atoms with E-state index in [-0.39, 0.29) is 18.1 Å². The molecule has 0 spiro atoms. The summed E-state index contributed by atoms with van der Waals surface area (Å²) in [5, 5.41) is 12.4. The molecule has 0 aliphatic heterocycles. The van der Waals surface area contributed by atoms with Crippen molar-refractivity contribution in [2.75, 3.05) is 12.8 Å². The number of aliphatic hydroxyl groups excluding tert-OH is 1. The quantitative estimate of drug-likeness (QED) is 0.719. The molecule has 1 amide bonds. The molecule has 1 aromatic carbocycles. The van der Waals surface area contributed by atoms with Gasteiger partial charge in [0.2, 0.25) is 0 Å². The van der Waals surface area contributed by atoms with E-state index in [4.69, 9.17) is 10.5 Å². The number of carbonyl (C=O) groups excluding carboxylic acids is 1. The number of nitrogens with one attached hydrogen (secondary N) is 1. The van der Waals surface area contributed by atoms with E-state index in [0.717, 1.165) is 25.7 Å². The van der Waals surface area contributed by atoms with Gasteiger partial charge in [-0.2, -0.15) is 0 Å². The summed E-state index contributed by atoms with van der Waals surface area (Å²) in [5.74, 6) is 0.381. The average Bonchev–Trinajstić information content (AvgIpc) is 2.42. The predicted molar refractivity (Wildman–Crippen MR) is 73.1 cm³/mol. The van der Waals surface area contributed by atoms with Crippen LogP contribution in [0.3, 0.4) is 0 Å². The molecule has 5 nitrogen and oxygen atoms in total. The Morgan fingerprint density at radius 3 is 2.68 bits per heavy atom. The molecule has 0 aromatic heterocycles. The molecule has 2 rings (SSSR count). The normalized spacial score (nSPS) is 22.8. The van der Waals surface area contributed by atoms with Crippen LogP contribution in [0.4, 0.5) is 5.69 Å². The van der Waals surface area contributed by atoms with E-state index in [2.05, 4.69) is 5.32 Å². The van der Waals surface area contributed by atoms with Gasteiger partial charge in [0.05, 0.1) is 18.9 Å². The number of nitrogen functional groups attached to an aromatic ring is 1. The molecule has 104 valence electrons. The van der Waals surface area contributed by atoms with Crippen molar-refractivity contribution in [1.82, 2.24) is 5.32 Å². The minimum atomic E-state index is -0.218. The fourth-order valence-electron chi connectivity index (χ4n) is 2.34. The van der Waals surface area contributed by atoms with E-state index in [1.165, 1.54) is 7.11 Å². The molecule has 19 heavy (non-hydrogen) atoms. The smallest absolute Gasteiger partial charge is 0.251 e. The first kappa shape index (κ1) is 13.7. The van der Waals surface area contributed by atoms with E-state index in [0.29, 0.717) is 17.0 Å². The second-order valence-electron chi connectivity index (χ2n) is 4.94. The monoisotopic (exact) mass is 264 g/mol. The zero-order valence-corrected chi connectivity index (χ0v) is 11.1. The van der Waals surface area contributed by atoms with Crippen LogP contribution in [-0.2, 0) is 0 Å². The number of hydrogen-bond acceptors (Lipinski definition) is 4. The van der Waals surface area contributed by atoms with Crippen LogP contribution >= 0.6 is 0 Å². The molecule has 0 heterocycles. The topological polar surface area (TPSA) is 84.6 Å². The van der Waals surface area contributed by atoms with Crippen molar-refractivity contribution in [2.24, 2.45) is 0 Å². The van der Waals surface area contributed by atoms with Gasteiger partial charge in [0, 0.05) is 11.6 Å². The standard InChI is InChI=1S/C14H20N2O3/c1-19-13-8-9(2-7-12(13)15)14(18)16-10-3-5-11(17)6-4-10/h2,7-8,10-11,17H,3-6,15H2,1H3,(H,16,18). The fraction of sp³-hybridized carbons (Fsp3) is 0.500. The van der Waals surface area contributed by atoms with Gasteiger partial charge in [-0.15, -0.1) is 0 Å². The lowest BCUT2D eigenvalue weighted by atomic mass is 9.93. The fourth-order valence-corrected chi connectivity index (χ4v) is 2.34. The Labute approximate surface area is 112 Å². The number of nitrogens with two attached hydrogens (primary N) is 1. The largest absolute Gasteiger partial charge is 0.495 e. The number of rotatable bonds is 3. The first-order valence-corrected chi connectivity index (χ1v) is 6.52. The zero-order valence-electron chi connectivity index (χ0n) is 11.1. The van der Waals surface area contributed by atoms with Crippen molar-refractivity contribution in [3.8, 4) is 5.75 Å². The highest BCUT2D eigenvalue weighted by Crippen LogP contribution is 2.23. The molecule has 0 saturated heterocycles. The van der Waals surface area contributed by atoms with Crippen LogP contribution in [0, 0.1) is 0 Å². The number of aliphatic hydroxyl groups is 1. The lowest BCUT2D eigenvalue weighted by Gasteiger charge is -2.26. The van der Waals surface area contributed by atoms with E-state index in [9.17, 15) is 9.90 Å². The van der Waals surface area contributed by atoms with Gasteiger partial charge in [-0.1, -0.05) is 0 Å². The van der Waals surface area contributed by atoms with Gasteiger partial charge in [-0.05, 0) is 43.9 Å². The third kappa shape index (κ3) is 3.38. The first-order chi connectivity index (χ1) is 9.10. The molecule has 0 unspecified atom stereocenters. The lowest BCUT2D eigenvalue weighted by molar-refractivity contribution is 0.0867. The van der Waals surface area contributed by atoms with E-state index in [1.54, 1.807) is 18.2 Å². The summed E-state index contributed by atoms with van der Waals surface area (Å²) in [5.41, 5.74) is 6.77. The maximum absolute atomic E-state index is 12.1. The van der Waals surface area contributed by atoms with Gasteiger partial charge < -0.3 is 20.9 Å². The second-order valence-corrected chi connectivity index (χ2v) is 4.94. The zero-order chi connectivity index (χ0) is 13.8. The van der Waals surface area contributed by atoms with Crippen molar-refractivity contribution < 1.29 is 14.6 Å². The maximum Gasteiger partial charge on any atom is 0.251 e. The van der Waals surface area contributed by atoms with E-state index >= 15 is 0 Å². The number of anilines is 1. The molecule has 1 aliphatic rings. The maximum atomic E-state index is 12.1. The van der Waals surface area contributed by atoms with Gasteiger partial charge in [0.15, 0.2) is 0 Å². The molecule has 1 saturated carbocycles. The number of amides is 1. The molecule has 1 aromatic rings. The van der Waals surface area contributed by atoms with E-state index in [1.807, 2.05) is 0 Å². The molecular formula is C14H20N2O3. The Kier molecular flexibility index (Phi) is 4.27. The highest BCUT2D eigenvalue weighted by molar-refractivity contribution is 5.95. The highest BCUT2D eigenvalue weighted by Gasteiger charge is 2.21. The van der Waals surface area contributed by atoms with Gasteiger partial charge in [0.25, 0.3) is 5.91 Å². The molecule has 4 N–H and O–H groups in total. The van der Waals surface area contributed by atoms with Crippen molar-refractivity contribution in [3.63, 3.8) is 0 Å². The van der Waals surface area contributed by atoms with E-state index < -0.39 is 0 Å². The molecule has 0 bridgehead atoms. The number of carbonyl (C=O) groups is 1. The van der Waals surface area contributed by atoms with Crippen LogP contribution < -0.4 is 15.8 Å². The minimum absolute atomic E-state index is 0.125. The van der Waals surface area contributed by atoms with Crippen molar-refractivity contribution in [3.05, 3.63) is 23.8 Å².